The molecule has 1 heteroatoms. The predicted octanol–water partition coefficient (Wildman–Crippen LogP) is 8.76. The maximum Gasteiger partial charge on any atom is 0.0465 e. The first kappa shape index (κ1) is 20.6. The third-order valence-electron chi connectivity index (χ3n) is 6.83. The number of para-hydroxylation sites is 1. The lowest BCUT2D eigenvalue weighted by Gasteiger charge is -2.29. The lowest BCUT2D eigenvalue weighted by molar-refractivity contribution is 0.590. The standard InChI is InChI=1S/C31H31N/c1-30(2,3)22-15-17-24(18-16-22)32(23-11-7-6-8-12-23)25-19-20-27-26-13-9-10-14-28(26)31(4,5)29(27)21-25/h6-21H,1-5H3. The molecule has 32 heavy (non-hydrogen) atoms. The zero-order chi connectivity index (χ0) is 22.5. The van der Waals surface area contributed by atoms with Crippen molar-refractivity contribution in [2.45, 2.75) is 45.4 Å². The smallest absolute Gasteiger partial charge is 0.0465 e. The second kappa shape index (κ2) is 7.38. The van der Waals surface area contributed by atoms with Crippen LogP contribution in [0.3, 0.4) is 0 Å². The minimum Gasteiger partial charge on any atom is -0.310 e. The molecule has 4 aromatic rings. The molecule has 0 heterocycles. The van der Waals surface area contributed by atoms with Crippen molar-refractivity contribution in [3.05, 3.63) is 114 Å². The summed E-state index contributed by atoms with van der Waals surface area (Å²) in [4.78, 5) is 2.37. The van der Waals surface area contributed by atoms with Crippen LogP contribution in [0.5, 0.6) is 0 Å². The Morgan fingerprint density at radius 1 is 0.562 bits per heavy atom. The summed E-state index contributed by atoms with van der Waals surface area (Å²) in [6.07, 6.45) is 0. The molecule has 1 aliphatic carbocycles. The first-order valence-corrected chi connectivity index (χ1v) is 11.5. The summed E-state index contributed by atoms with van der Waals surface area (Å²) in [6.45, 7) is 11.5. The third-order valence-corrected chi connectivity index (χ3v) is 6.83. The van der Waals surface area contributed by atoms with Gasteiger partial charge in [0, 0.05) is 22.5 Å². The fraction of sp³-hybridized carbons (Fsp3) is 0.226. The first-order valence-electron chi connectivity index (χ1n) is 11.5. The molecule has 0 radical (unpaired) electrons. The Labute approximate surface area is 192 Å². The van der Waals surface area contributed by atoms with Gasteiger partial charge in [-0.1, -0.05) is 95.3 Å². The van der Waals surface area contributed by atoms with Crippen LogP contribution in [0.15, 0.2) is 97.1 Å². The molecule has 0 saturated heterocycles. The summed E-state index contributed by atoms with van der Waals surface area (Å²) >= 11 is 0. The van der Waals surface area contributed by atoms with E-state index < -0.39 is 0 Å². The van der Waals surface area contributed by atoms with E-state index in [-0.39, 0.29) is 10.8 Å². The van der Waals surface area contributed by atoms with Crippen molar-refractivity contribution in [2.24, 2.45) is 0 Å². The van der Waals surface area contributed by atoms with Gasteiger partial charge in [-0.25, -0.2) is 0 Å². The average molecular weight is 418 g/mol. The molecule has 0 aromatic heterocycles. The largest absolute Gasteiger partial charge is 0.310 e. The molecule has 0 atom stereocenters. The van der Waals surface area contributed by atoms with Crippen LogP contribution < -0.4 is 4.90 Å². The van der Waals surface area contributed by atoms with Gasteiger partial charge < -0.3 is 4.90 Å². The highest BCUT2D eigenvalue weighted by Gasteiger charge is 2.35. The Balaban J connectivity index is 1.65. The van der Waals surface area contributed by atoms with Crippen molar-refractivity contribution >= 4 is 17.1 Å². The molecule has 0 spiro atoms. The van der Waals surface area contributed by atoms with Crippen LogP contribution in [-0.2, 0) is 10.8 Å². The maximum absolute atomic E-state index is 2.39. The van der Waals surface area contributed by atoms with E-state index in [1.807, 2.05) is 0 Å². The Morgan fingerprint density at radius 3 is 1.81 bits per heavy atom. The van der Waals surface area contributed by atoms with Crippen molar-refractivity contribution in [1.82, 2.24) is 0 Å². The minimum atomic E-state index is -0.0135. The second-order valence-electron chi connectivity index (χ2n) is 10.4. The minimum absolute atomic E-state index is 0.0135. The maximum atomic E-state index is 2.39. The summed E-state index contributed by atoms with van der Waals surface area (Å²) in [5, 5.41) is 0. The van der Waals surface area contributed by atoms with E-state index >= 15 is 0 Å². The molecule has 5 rings (SSSR count). The zero-order valence-corrected chi connectivity index (χ0v) is 19.7. The monoisotopic (exact) mass is 417 g/mol. The Kier molecular flexibility index (Phi) is 4.74. The normalized spacial score (nSPS) is 14.0. The highest BCUT2D eigenvalue weighted by Crippen LogP contribution is 2.50. The van der Waals surface area contributed by atoms with Gasteiger partial charge in [0.2, 0.25) is 0 Å². The van der Waals surface area contributed by atoms with Crippen LogP contribution in [0.4, 0.5) is 17.1 Å². The van der Waals surface area contributed by atoms with Crippen molar-refractivity contribution < 1.29 is 0 Å². The van der Waals surface area contributed by atoms with Gasteiger partial charge in [0.25, 0.3) is 0 Å². The van der Waals surface area contributed by atoms with Crippen LogP contribution >= 0.6 is 0 Å². The highest BCUT2D eigenvalue weighted by atomic mass is 15.1. The average Bonchev–Trinajstić information content (AvgIpc) is 3.02. The van der Waals surface area contributed by atoms with Crippen molar-refractivity contribution in [3.8, 4) is 11.1 Å². The van der Waals surface area contributed by atoms with Gasteiger partial charge in [-0.15, -0.1) is 0 Å². The molecule has 0 saturated carbocycles. The lowest BCUT2D eigenvalue weighted by atomic mass is 9.82. The summed E-state index contributed by atoms with van der Waals surface area (Å²) < 4.78 is 0. The molecule has 0 bridgehead atoms. The summed E-state index contributed by atoms with van der Waals surface area (Å²) in [6, 6.07) is 35.5. The van der Waals surface area contributed by atoms with E-state index in [9.17, 15) is 0 Å². The number of rotatable bonds is 3. The zero-order valence-electron chi connectivity index (χ0n) is 19.7. The molecule has 160 valence electrons. The van der Waals surface area contributed by atoms with Gasteiger partial charge >= 0.3 is 0 Å². The molecule has 0 amide bonds. The Bertz CT molecular complexity index is 1260. The third kappa shape index (κ3) is 3.33. The van der Waals surface area contributed by atoms with E-state index in [2.05, 4.69) is 137 Å². The molecule has 0 unspecified atom stereocenters. The number of anilines is 3. The van der Waals surface area contributed by atoms with E-state index in [1.54, 1.807) is 0 Å². The highest BCUT2D eigenvalue weighted by molar-refractivity contribution is 5.85. The molecule has 0 N–H and O–H groups in total. The molecule has 0 fully saturated rings. The van der Waals surface area contributed by atoms with Crippen molar-refractivity contribution in [2.75, 3.05) is 4.90 Å². The van der Waals surface area contributed by atoms with Crippen LogP contribution in [0, 0.1) is 0 Å². The van der Waals surface area contributed by atoms with Crippen molar-refractivity contribution in [3.63, 3.8) is 0 Å². The summed E-state index contributed by atoms with van der Waals surface area (Å²) in [7, 11) is 0. The van der Waals surface area contributed by atoms with Crippen LogP contribution in [-0.4, -0.2) is 0 Å². The Morgan fingerprint density at radius 2 is 1.12 bits per heavy atom. The SMILES string of the molecule is CC(C)(C)c1ccc(N(c2ccccc2)c2ccc3c(c2)C(C)(C)c2ccccc2-3)cc1. The van der Waals surface area contributed by atoms with Crippen LogP contribution in [0.2, 0.25) is 0 Å². The van der Waals surface area contributed by atoms with E-state index in [0.29, 0.717) is 0 Å². The number of fused-ring (bicyclic) bond motifs is 3. The van der Waals surface area contributed by atoms with Crippen LogP contribution in [0.25, 0.3) is 11.1 Å². The lowest BCUT2D eigenvalue weighted by Crippen LogP contribution is -2.16. The van der Waals surface area contributed by atoms with E-state index in [4.69, 9.17) is 0 Å². The first-order chi connectivity index (χ1) is 15.3. The Hall–Kier alpha value is -3.32. The molecule has 4 aromatic carbocycles. The van der Waals surface area contributed by atoms with Gasteiger partial charge in [0.05, 0.1) is 0 Å². The quantitative estimate of drug-likeness (QED) is 0.322. The summed E-state index contributed by atoms with van der Waals surface area (Å²) in [5.74, 6) is 0. The number of hydrogen-bond acceptors (Lipinski definition) is 1. The van der Waals surface area contributed by atoms with E-state index in [1.165, 1.54) is 44.9 Å². The predicted molar refractivity (Wildman–Crippen MR) is 137 cm³/mol. The second-order valence-corrected chi connectivity index (χ2v) is 10.4. The number of hydrogen-bond donors (Lipinski definition) is 0. The molecular weight excluding hydrogens is 386 g/mol. The molecule has 1 nitrogen and oxygen atoms in total. The van der Waals surface area contributed by atoms with E-state index in [0.717, 1.165) is 0 Å². The van der Waals surface area contributed by atoms with Gasteiger partial charge in [0.1, 0.15) is 0 Å². The van der Waals surface area contributed by atoms with Gasteiger partial charge in [-0.3, -0.25) is 0 Å². The van der Waals surface area contributed by atoms with Gasteiger partial charge in [-0.05, 0) is 69.6 Å². The van der Waals surface area contributed by atoms with Gasteiger partial charge in [-0.2, -0.15) is 0 Å². The number of nitrogens with zero attached hydrogens (tertiary/aromatic N) is 1. The van der Waals surface area contributed by atoms with Crippen LogP contribution in [0.1, 0.15) is 51.3 Å². The molecule has 1 aliphatic rings. The fourth-order valence-corrected chi connectivity index (χ4v) is 4.97. The molecular formula is C31H31N. The fourth-order valence-electron chi connectivity index (χ4n) is 4.97. The van der Waals surface area contributed by atoms with Crippen molar-refractivity contribution in [1.29, 1.82) is 0 Å². The molecule has 0 aliphatic heterocycles. The summed E-state index contributed by atoms with van der Waals surface area (Å²) in [5.41, 5.74) is 10.5. The number of benzene rings is 4. The van der Waals surface area contributed by atoms with Gasteiger partial charge in [0.15, 0.2) is 0 Å². The topological polar surface area (TPSA) is 3.24 Å².